The Labute approximate surface area is 83.3 Å². The van der Waals surface area contributed by atoms with Crippen molar-refractivity contribution in [3.63, 3.8) is 0 Å². The van der Waals surface area contributed by atoms with Crippen LogP contribution in [0.3, 0.4) is 0 Å². The molecule has 1 rings (SSSR count). The number of hydrogen-bond donors (Lipinski definition) is 1. The Kier molecular flexibility index (Phi) is 3.51. The molecule has 0 atom stereocenters. The van der Waals surface area contributed by atoms with E-state index in [1.165, 1.54) is 6.07 Å². The van der Waals surface area contributed by atoms with Gasteiger partial charge in [-0.25, -0.2) is 0 Å². The molecule has 1 N–H and O–H groups in total. The average molecular weight is 226 g/mol. The molecular weight excluding hydrogens is 219 g/mol. The van der Waals surface area contributed by atoms with Gasteiger partial charge in [-0.2, -0.15) is 13.2 Å². The first kappa shape index (κ1) is 11.0. The Balaban J connectivity index is 2.69. The van der Waals surface area contributed by atoms with Crippen molar-refractivity contribution in [3.05, 3.63) is 17.8 Å². The first-order valence-electron chi connectivity index (χ1n) is 3.75. The molecule has 7 heteroatoms. The van der Waals surface area contributed by atoms with Gasteiger partial charge in [0.1, 0.15) is 5.82 Å². The summed E-state index contributed by atoms with van der Waals surface area (Å²) in [5.41, 5.74) is -1.01. The minimum Gasteiger partial charge on any atom is -0.367 e. The third-order valence-corrected chi connectivity index (χ3v) is 1.54. The van der Waals surface area contributed by atoms with Crippen LogP contribution in [0.5, 0.6) is 0 Å². The molecule has 1 aromatic heterocycles. The van der Waals surface area contributed by atoms with Crippen LogP contribution in [0, 0.1) is 0 Å². The lowest BCUT2D eigenvalue weighted by molar-refractivity contribution is -0.141. The minimum absolute atomic E-state index is 0.277. The van der Waals surface area contributed by atoms with Gasteiger partial charge >= 0.3 is 6.18 Å². The number of nitrogens with one attached hydrogen (secondary N) is 1. The predicted octanol–water partition coefficient (Wildman–Crippen LogP) is 2.15. The summed E-state index contributed by atoms with van der Waals surface area (Å²) >= 11 is 5.36. The molecule has 1 aromatic rings. The lowest BCUT2D eigenvalue weighted by atomic mass is 10.4. The van der Waals surface area contributed by atoms with Gasteiger partial charge in [0, 0.05) is 12.4 Å². The third kappa shape index (κ3) is 3.02. The Morgan fingerprint density at radius 1 is 1.29 bits per heavy atom. The van der Waals surface area contributed by atoms with E-state index >= 15 is 0 Å². The maximum Gasteiger partial charge on any atom is 0.435 e. The quantitative estimate of drug-likeness (QED) is 0.801. The number of aromatic nitrogens is 2. The molecule has 0 unspecified atom stereocenters. The highest BCUT2D eigenvalue weighted by atomic mass is 35.5. The van der Waals surface area contributed by atoms with E-state index in [0.717, 1.165) is 6.07 Å². The second-order valence-corrected chi connectivity index (χ2v) is 2.80. The summed E-state index contributed by atoms with van der Waals surface area (Å²) in [4.78, 5) is 0. The highest BCUT2D eigenvalue weighted by Crippen LogP contribution is 2.26. The van der Waals surface area contributed by atoms with E-state index in [-0.39, 0.29) is 5.82 Å². The van der Waals surface area contributed by atoms with Gasteiger partial charge in [0.05, 0.1) is 0 Å². The molecule has 3 nitrogen and oxygen atoms in total. The molecule has 78 valence electrons. The van der Waals surface area contributed by atoms with Crippen LogP contribution in [-0.4, -0.2) is 22.6 Å². The number of halogens is 4. The number of rotatable bonds is 3. The monoisotopic (exact) mass is 225 g/mol. The van der Waals surface area contributed by atoms with Crippen molar-refractivity contribution in [3.8, 4) is 0 Å². The molecule has 0 spiro atoms. The molecule has 0 fully saturated rings. The summed E-state index contributed by atoms with van der Waals surface area (Å²) in [5.74, 6) is 0.626. The van der Waals surface area contributed by atoms with Crippen molar-refractivity contribution < 1.29 is 13.2 Å². The van der Waals surface area contributed by atoms with Crippen molar-refractivity contribution in [2.24, 2.45) is 0 Å². The molecule has 0 aliphatic heterocycles. The minimum atomic E-state index is -4.45. The summed E-state index contributed by atoms with van der Waals surface area (Å²) in [6.07, 6.45) is -4.45. The van der Waals surface area contributed by atoms with Crippen LogP contribution >= 0.6 is 11.6 Å². The zero-order valence-electron chi connectivity index (χ0n) is 6.98. The Morgan fingerprint density at radius 3 is 2.43 bits per heavy atom. The van der Waals surface area contributed by atoms with E-state index in [1.807, 2.05) is 0 Å². The van der Waals surface area contributed by atoms with Crippen LogP contribution in [0.25, 0.3) is 0 Å². The fourth-order valence-corrected chi connectivity index (χ4v) is 0.848. The SMILES string of the molecule is FC(F)(F)c1ccc(NCCCl)nn1. The predicted molar refractivity (Wildman–Crippen MR) is 46.2 cm³/mol. The molecule has 0 saturated carbocycles. The summed E-state index contributed by atoms with van der Waals surface area (Å²) < 4.78 is 36.1. The fourth-order valence-electron chi connectivity index (χ4n) is 0.753. The lowest BCUT2D eigenvalue weighted by Crippen LogP contribution is -2.11. The van der Waals surface area contributed by atoms with Crippen molar-refractivity contribution >= 4 is 17.4 Å². The van der Waals surface area contributed by atoms with Crippen molar-refractivity contribution in [2.75, 3.05) is 17.7 Å². The van der Waals surface area contributed by atoms with Crippen LogP contribution in [-0.2, 0) is 6.18 Å². The van der Waals surface area contributed by atoms with Gasteiger partial charge in [-0.15, -0.1) is 21.8 Å². The van der Waals surface area contributed by atoms with Gasteiger partial charge in [-0.1, -0.05) is 0 Å². The standard InChI is InChI=1S/C7H7ClF3N3/c8-3-4-12-6-2-1-5(13-14-6)7(9,10)11/h1-2H,3-4H2,(H,12,14). The molecule has 0 saturated heterocycles. The summed E-state index contributed by atoms with van der Waals surface area (Å²) in [6, 6.07) is 2.08. The number of anilines is 1. The van der Waals surface area contributed by atoms with Crippen LogP contribution < -0.4 is 5.32 Å². The van der Waals surface area contributed by atoms with Crippen LogP contribution in [0.1, 0.15) is 5.69 Å². The first-order valence-corrected chi connectivity index (χ1v) is 4.28. The normalized spacial score (nSPS) is 11.4. The molecule has 1 heterocycles. The third-order valence-electron chi connectivity index (χ3n) is 1.36. The van der Waals surface area contributed by atoms with E-state index in [9.17, 15) is 13.2 Å². The van der Waals surface area contributed by atoms with Crippen LogP contribution in [0.4, 0.5) is 19.0 Å². The molecule has 0 aliphatic rings. The molecule has 0 aliphatic carbocycles. The van der Waals surface area contributed by atoms with Gasteiger partial charge in [0.15, 0.2) is 5.69 Å². The highest BCUT2D eigenvalue weighted by Gasteiger charge is 2.32. The van der Waals surface area contributed by atoms with E-state index in [0.29, 0.717) is 12.4 Å². The summed E-state index contributed by atoms with van der Waals surface area (Å²) in [5, 5.41) is 9.07. The van der Waals surface area contributed by atoms with Crippen molar-refractivity contribution in [2.45, 2.75) is 6.18 Å². The molecule has 0 aromatic carbocycles. The largest absolute Gasteiger partial charge is 0.435 e. The second-order valence-electron chi connectivity index (χ2n) is 2.42. The lowest BCUT2D eigenvalue weighted by Gasteiger charge is -2.05. The Morgan fingerprint density at radius 2 is 2.00 bits per heavy atom. The summed E-state index contributed by atoms with van der Waals surface area (Å²) in [7, 11) is 0. The maximum atomic E-state index is 12.0. The van der Waals surface area contributed by atoms with E-state index in [4.69, 9.17) is 11.6 Å². The first-order chi connectivity index (χ1) is 6.54. The van der Waals surface area contributed by atoms with Gasteiger partial charge in [0.25, 0.3) is 0 Å². The molecule has 14 heavy (non-hydrogen) atoms. The van der Waals surface area contributed by atoms with Crippen LogP contribution in [0.2, 0.25) is 0 Å². The van der Waals surface area contributed by atoms with E-state index in [2.05, 4.69) is 15.5 Å². The molecule has 0 bridgehead atoms. The summed E-state index contributed by atoms with van der Waals surface area (Å²) in [6.45, 7) is 0.432. The van der Waals surface area contributed by atoms with Gasteiger partial charge in [-0.3, -0.25) is 0 Å². The van der Waals surface area contributed by atoms with E-state index in [1.54, 1.807) is 0 Å². The zero-order valence-corrected chi connectivity index (χ0v) is 7.73. The average Bonchev–Trinajstić information content (AvgIpc) is 2.14. The highest BCUT2D eigenvalue weighted by molar-refractivity contribution is 6.18. The Hall–Kier alpha value is -1.04. The van der Waals surface area contributed by atoms with E-state index < -0.39 is 11.9 Å². The Bertz CT molecular complexity index is 285. The number of alkyl halides is 4. The van der Waals surface area contributed by atoms with Gasteiger partial charge in [-0.05, 0) is 12.1 Å². The van der Waals surface area contributed by atoms with Gasteiger partial charge < -0.3 is 5.32 Å². The smallest absolute Gasteiger partial charge is 0.367 e. The number of hydrogen-bond acceptors (Lipinski definition) is 3. The molecule has 0 amide bonds. The zero-order chi connectivity index (χ0) is 10.6. The van der Waals surface area contributed by atoms with Crippen molar-refractivity contribution in [1.82, 2.24) is 10.2 Å². The topological polar surface area (TPSA) is 37.8 Å². The maximum absolute atomic E-state index is 12.0. The van der Waals surface area contributed by atoms with Gasteiger partial charge in [0.2, 0.25) is 0 Å². The number of nitrogens with zero attached hydrogens (tertiary/aromatic N) is 2. The molecule has 0 radical (unpaired) electrons. The fraction of sp³-hybridized carbons (Fsp3) is 0.429. The van der Waals surface area contributed by atoms with Crippen molar-refractivity contribution in [1.29, 1.82) is 0 Å². The van der Waals surface area contributed by atoms with Crippen LogP contribution in [0.15, 0.2) is 12.1 Å². The molecular formula is C7H7ClF3N3. The second kappa shape index (κ2) is 4.45.